The number of thiazole rings is 1. The van der Waals surface area contributed by atoms with Gasteiger partial charge < -0.3 is 14.6 Å². The first-order chi connectivity index (χ1) is 14.8. The van der Waals surface area contributed by atoms with E-state index < -0.39 is 0 Å². The molecule has 30 heavy (non-hydrogen) atoms. The Hall–Kier alpha value is -2.55. The van der Waals surface area contributed by atoms with Crippen LogP contribution in [0.25, 0.3) is 10.6 Å². The Labute approximate surface area is 180 Å². The minimum absolute atomic E-state index is 0.0125. The SMILES string of the molecule is O=C(Cc1csc(-c2cccc(CN3CCOCC3)c2)n1)NCCCn1ccnc1. The highest BCUT2D eigenvalue weighted by Gasteiger charge is 2.12. The van der Waals surface area contributed by atoms with Gasteiger partial charge in [-0.25, -0.2) is 9.97 Å². The van der Waals surface area contributed by atoms with Gasteiger partial charge >= 0.3 is 0 Å². The minimum atomic E-state index is 0.0125. The van der Waals surface area contributed by atoms with E-state index in [9.17, 15) is 4.79 Å². The average Bonchev–Trinajstić information content (AvgIpc) is 3.44. The van der Waals surface area contributed by atoms with Crippen LogP contribution < -0.4 is 5.32 Å². The van der Waals surface area contributed by atoms with Crippen molar-refractivity contribution in [3.63, 3.8) is 0 Å². The highest BCUT2D eigenvalue weighted by atomic mass is 32.1. The van der Waals surface area contributed by atoms with Crippen LogP contribution in [-0.4, -0.2) is 58.2 Å². The monoisotopic (exact) mass is 425 g/mol. The Morgan fingerprint density at radius 2 is 2.17 bits per heavy atom. The van der Waals surface area contributed by atoms with Crippen LogP contribution in [0.4, 0.5) is 0 Å². The Balaban J connectivity index is 1.27. The molecule has 1 aromatic carbocycles. The van der Waals surface area contributed by atoms with E-state index in [0.29, 0.717) is 13.0 Å². The van der Waals surface area contributed by atoms with Crippen LogP contribution >= 0.6 is 11.3 Å². The van der Waals surface area contributed by atoms with Crippen molar-refractivity contribution in [3.8, 4) is 10.6 Å². The van der Waals surface area contributed by atoms with Gasteiger partial charge in [0.15, 0.2) is 0 Å². The van der Waals surface area contributed by atoms with Crippen LogP contribution in [0.1, 0.15) is 17.7 Å². The van der Waals surface area contributed by atoms with Gasteiger partial charge in [0.25, 0.3) is 0 Å². The molecule has 2 aromatic heterocycles. The lowest BCUT2D eigenvalue weighted by molar-refractivity contribution is -0.120. The molecule has 8 heteroatoms. The zero-order chi connectivity index (χ0) is 20.6. The fraction of sp³-hybridized carbons (Fsp3) is 0.409. The average molecular weight is 426 g/mol. The van der Waals surface area contributed by atoms with Crippen molar-refractivity contribution in [2.24, 2.45) is 0 Å². The smallest absolute Gasteiger partial charge is 0.226 e. The zero-order valence-corrected chi connectivity index (χ0v) is 17.8. The molecule has 1 amide bonds. The lowest BCUT2D eigenvalue weighted by atomic mass is 10.1. The summed E-state index contributed by atoms with van der Waals surface area (Å²) in [6, 6.07) is 8.53. The topological polar surface area (TPSA) is 72.3 Å². The van der Waals surface area contributed by atoms with Crippen LogP contribution in [0.5, 0.6) is 0 Å². The maximum Gasteiger partial charge on any atom is 0.226 e. The van der Waals surface area contributed by atoms with Crippen LogP contribution in [0.2, 0.25) is 0 Å². The van der Waals surface area contributed by atoms with E-state index in [1.807, 2.05) is 16.1 Å². The first-order valence-electron chi connectivity index (χ1n) is 10.3. The molecule has 1 saturated heterocycles. The van der Waals surface area contributed by atoms with E-state index in [1.54, 1.807) is 23.9 Å². The number of hydrogen-bond acceptors (Lipinski definition) is 6. The number of carbonyl (C=O) groups excluding carboxylic acids is 1. The van der Waals surface area contributed by atoms with Gasteiger partial charge in [-0.3, -0.25) is 9.69 Å². The Morgan fingerprint density at radius 3 is 3.00 bits per heavy atom. The summed E-state index contributed by atoms with van der Waals surface area (Å²) in [5, 5.41) is 5.91. The number of carbonyl (C=O) groups is 1. The number of morpholine rings is 1. The summed E-state index contributed by atoms with van der Waals surface area (Å²) < 4.78 is 7.43. The summed E-state index contributed by atoms with van der Waals surface area (Å²) >= 11 is 1.59. The molecule has 0 unspecified atom stereocenters. The lowest BCUT2D eigenvalue weighted by Crippen LogP contribution is -2.35. The molecular weight excluding hydrogens is 398 g/mol. The number of aryl methyl sites for hydroxylation is 1. The summed E-state index contributed by atoms with van der Waals surface area (Å²) in [5.74, 6) is 0.0125. The van der Waals surface area contributed by atoms with Gasteiger partial charge in [-0.2, -0.15) is 0 Å². The third-order valence-corrected chi connectivity index (χ3v) is 5.99. The molecule has 3 aromatic rings. The number of rotatable bonds is 9. The molecule has 1 N–H and O–H groups in total. The van der Waals surface area contributed by atoms with E-state index in [0.717, 1.165) is 62.1 Å². The predicted octanol–water partition coefficient (Wildman–Crippen LogP) is 2.59. The Morgan fingerprint density at radius 1 is 1.27 bits per heavy atom. The standard InChI is InChI=1S/C22H27N5O2S/c28-21(24-5-2-7-27-8-6-23-17-27)14-20-16-30-22(25-20)19-4-1-3-18(13-19)15-26-9-11-29-12-10-26/h1,3-4,6,8,13,16-17H,2,5,7,9-12,14-15H2,(H,24,28). The van der Waals surface area contributed by atoms with Crippen LogP contribution in [0, 0.1) is 0 Å². The van der Waals surface area contributed by atoms with E-state index in [1.165, 1.54) is 5.56 Å². The minimum Gasteiger partial charge on any atom is -0.379 e. The van der Waals surface area contributed by atoms with Crippen molar-refractivity contribution < 1.29 is 9.53 Å². The highest BCUT2D eigenvalue weighted by Crippen LogP contribution is 2.25. The molecule has 0 aliphatic carbocycles. The largest absolute Gasteiger partial charge is 0.379 e. The van der Waals surface area contributed by atoms with Crippen molar-refractivity contribution in [3.05, 3.63) is 59.6 Å². The lowest BCUT2D eigenvalue weighted by Gasteiger charge is -2.26. The Kier molecular flexibility index (Phi) is 7.23. The number of amides is 1. The summed E-state index contributed by atoms with van der Waals surface area (Å²) in [4.78, 5) is 23.3. The number of nitrogens with zero attached hydrogens (tertiary/aromatic N) is 4. The molecule has 1 aliphatic heterocycles. The van der Waals surface area contributed by atoms with E-state index in [4.69, 9.17) is 4.74 Å². The summed E-state index contributed by atoms with van der Waals surface area (Å²) in [6.07, 6.45) is 6.66. The van der Waals surface area contributed by atoms with Gasteiger partial charge in [0.1, 0.15) is 5.01 Å². The van der Waals surface area contributed by atoms with E-state index in [2.05, 4.69) is 44.5 Å². The molecule has 4 rings (SSSR count). The molecule has 0 spiro atoms. The maximum absolute atomic E-state index is 12.2. The third kappa shape index (κ3) is 5.98. The van der Waals surface area contributed by atoms with Gasteiger partial charge in [-0.1, -0.05) is 18.2 Å². The van der Waals surface area contributed by atoms with Crippen molar-refractivity contribution in [1.29, 1.82) is 0 Å². The second-order valence-corrected chi connectivity index (χ2v) is 8.27. The van der Waals surface area contributed by atoms with Crippen molar-refractivity contribution in [2.45, 2.75) is 25.9 Å². The quantitative estimate of drug-likeness (QED) is 0.534. The number of aromatic nitrogens is 3. The fourth-order valence-electron chi connectivity index (χ4n) is 3.48. The van der Waals surface area contributed by atoms with E-state index >= 15 is 0 Å². The number of hydrogen-bond donors (Lipinski definition) is 1. The van der Waals surface area contributed by atoms with Crippen LogP contribution in [0.15, 0.2) is 48.4 Å². The molecule has 1 fully saturated rings. The molecule has 0 atom stereocenters. The van der Waals surface area contributed by atoms with Gasteiger partial charge in [-0.15, -0.1) is 11.3 Å². The van der Waals surface area contributed by atoms with Gasteiger partial charge in [-0.05, 0) is 18.1 Å². The van der Waals surface area contributed by atoms with Crippen molar-refractivity contribution >= 4 is 17.2 Å². The normalized spacial score (nSPS) is 14.7. The first-order valence-corrected chi connectivity index (χ1v) is 11.2. The fourth-order valence-corrected chi connectivity index (χ4v) is 4.29. The van der Waals surface area contributed by atoms with Gasteiger partial charge in [0, 0.05) is 56.1 Å². The van der Waals surface area contributed by atoms with Crippen molar-refractivity contribution in [1.82, 2.24) is 24.8 Å². The summed E-state index contributed by atoms with van der Waals surface area (Å²) in [5.41, 5.74) is 3.21. The van der Waals surface area contributed by atoms with Crippen LogP contribution in [-0.2, 0) is 29.0 Å². The third-order valence-electron chi connectivity index (χ3n) is 5.05. The molecular formula is C22H27N5O2S. The second kappa shape index (κ2) is 10.5. The number of imidazole rings is 1. The predicted molar refractivity (Wildman–Crippen MR) is 117 cm³/mol. The molecule has 0 saturated carbocycles. The molecule has 1 aliphatic rings. The molecule has 3 heterocycles. The molecule has 7 nitrogen and oxygen atoms in total. The van der Waals surface area contributed by atoms with Gasteiger partial charge in [0.2, 0.25) is 5.91 Å². The summed E-state index contributed by atoms with van der Waals surface area (Å²) in [6.45, 7) is 5.99. The molecule has 158 valence electrons. The number of benzene rings is 1. The summed E-state index contributed by atoms with van der Waals surface area (Å²) in [7, 11) is 0. The Bertz CT molecular complexity index is 935. The van der Waals surface area contributed by atoms with E-state index in [-0.39, 0.29) is 5.91 Å². The van der Waals surface area contributed by atoms with Crippen LogP contribution in [0.3, 0.4) is 0 Å². The molecule has 0 radical (unpaired) electrons. The maximum atomic E-state index is 12.2. The highest BCUT2D eigenvalue weighted by molar-refractivity contribution is 7.13. The van der Waals surface area contributed by atoms with Gasteiger partial charge in [0.05, 0.1) is 31.7 Å². The molecule has 0 bridgehead atoms. The number of ether oxygens (including phenoxy) is 1. The van der Waals surface area contributed by atoms with Crippen molar-refractivity contribution in [2.75, 3.05) is 32.8 Å². The zero-order valence-electron chi connectivity index (χ0n) is 17.0. The second-order valence-electron chi connectivity index (χ2n) is 7.41. The first kappa shape index (κ1) is 20.7. The number of nitrogens with one attached hydrogen (secondary N) is 1.